The van der Waals surface area contributed by atoms with E-state index in [1.165, 1.54) is 22.0 Å². The van der Waals surface area contributed by atoms with E-state index in [1.807, 2.05) is 39.0 Å². The molecule has 3 rings (SSSR count). The van der Waals surface area contributed by atoms with Crippen molar-refractivity contribution >= 4 is 21.6 Å². The zero-order chi connectivity index (χ0) is 23.8. The second-order valence-corrected chi connectivity index (χ2v) is 10.2. The molecule has 1 aliphatic rings. The predicted octanol–water partition coefficient (Wildman–Crippen LogP) is 3.97. The smallest absolute Gasteiger partial charge is 0.243 e. The number of sulfonamides is 1. The zero-order valence-corrected chi connectivity index (χ0v) is 20.6. The third-order valence-electron chi connectivity index (χ3n) is 5.98. The Bertz CT molecular complexity index is 1020. The molecule has 180 valence electrons. The van der Waals surface area contributed by atoms with Gasteiger partial charge in [-0.25, -0.2) is 8.42 Å². The summed E-state index contributed by atoms with van der Waals surface area (Å²) >= 11 is 0. The lowest BCUT2D eigenvalue weighted by Gasteiger charge is -2.32. The normalized spacial score (nSPS) is 17.2. The average Bonchev–Trinajstić information content (AvgIpc) is 2.81. The number of benzene rings is 2. The Morgan fingerprint density at radius 1 is 1.12 bits per heavy atom. The zero-order valence-electron chi connectivity index (χ0n) is 19.8. The van der Waals surface area contributed by atoms with E-state index in [0.717, 1.165) is 25.9 Å². The van der Waals surface area contributed by atoms with Crippen LogP contribution in [0.5, 0.6) is 5.75 Å². The van der Waals surface area contributed by atoms with Gasteiger partial charge in [0.25, 0.3) is 0 Å². The molecule has 1 fully saturated rings. The van der Waals surface area contributed by atoms with Gasteiger partial charge in [-0.15, -0.1) is 0 Å². The highest BCUT2D eigenvalue weighted by molar-refractivity contribution is 7.89. The van der Waals surface area contributed by atoms with Gasteiger partial charge in [0.1, 0.15) is 5.75 Å². The number of likely N-dealkylation sites (tertiary alicyclic amines) is 1. The van der Waals surface area contributed by atoms with Crippen LogP contribution in [0.25, 0.3) is 0 Å². The fourth-order valence-electron chi connectivity index (χ4n) is 4.25. The van der Waals surface area contributed by atoms with E-state index in [1.54, 1.807) is 6.07 Å². The molecular formula is C25H35N3O4S. The molecule has 1 saturated heterocycles. The molecule has 1 amide bonds. The maximum atomic E-state index is 13.2. The first kappa shape index (κ1) is 25.2. The molecule has 0 saturated carbocycles. The molecule has 1 N–H and O–H groups in total. The maximum Gasteiger partial charge on any atom is 0.243 e. The largest absolute Gasteiger partial charge is 0.492 e. The van der Waals surface area contributed by atoms with Gasteiger partial charge in [-0.05, 0) is 50.1 Å². The molecule has 0 bridgehead atoms. The average molecular weight is 474 g/mol. The number of amides is 1. The molecule has 33 heavy (non-hydrogen) atoms. The number of rotatable bonds is 10. The number of anilines is 1. The standard InChI is InChI=1S/C25H35N3O4S/c1-4-28(5-2)33(30,31)22-14-15-24(32-6-3)23(17-22)26-25(29)21-13-10-16-27(19-21)18-20-11-8-7-9-12-20/h7-9,11-12,14-15,17,21H,4-6,10,13,16,18-19H2,1-3H3,(H,26,29). The fraction of sp³-hybridized carbons (Fsp3) is 0.480. The number of carbonyl (C=O) groups is 1. The van der Waals surface area contributed by atoms with Gasteiger partial charge in [-0.1, -0.05) is 44.2 Å². The van der Waals surface area contributed by atoms with Crippen LogP contribution in [-0.2, 0) is 21.4 Å². The van der Waals surface area contributed by atoms with Gasteiger partial charge in [0.15, 0.2) is 0 Å². The topological polar surface area (TPSA) is 79.0 Å². The van der Waals surface area contributed by atoms with Crippen LogP contribution in [0.15, 0.2) is 53.4 Å². The maximum absolute atomic E-state index is 13.2. The summed E-state index contributed by atoms with van der Waals surface area (Å²) in [7, 11) is -3.64. The first-order valence-corrected chi connectivity index (χ1v) is 13.2. The summed E-state index contributed by atoms with van der Waals surface area (Å²) in [6.07, 6.45) is 1.75. The number of hydrogen-bond donors (Lipinski definition) is 1. The molecule has 2 aromatic rings. The van der Waals surface area contributed by atoms with Crippen LogP contribution >= 0.6 is 0 Å². The third kappa shape index (κ3) is 6.34. The van der Waals surface area contributed by atoms with Crippen molar-refractivity contribution in [2.45, 2.75) is 45.1 Å². The third-order valence-corrected chi connectivity index (χ3v) is 8.02. The Kier molecular flexibility index (Phi) is 8.88. The van der Waals surface area contributed by atoms with Gasteiger partial charge in [0.05, 0.1) is 23.1 Å². The lowest BCUT2D eigenvalue weighted by atomic mass is 9.96. The number of hydrogen-bond acceptors (Lipinski definition) is 5. The highest BCUT2D eigenvalue weighted by atomic mass is 32.2. The number of ether oxygens (including phenoxy) is 1. The Labute approximate surface area is 197 Å². The van der Waals surface area contributed by atoms with Gasteiger partial charge >= 0.3 is 0 Å². The Morgan fingerprint density at radius 3 is 2.52 bits per heavy atom. The van der Waals surface area contributed by atoms with Crippen molar-refractivity contribution in [2.24, 2.45) is 5.92 Å². The van der Waals surface area contributed by atoms with Crippen LogP contribution in [0, 0.1) is 5.92 Å². The summed E-state index contributed by atoms with van der Waals surface area (Å²) in [5.41, 5.74) is 1.63. The van der Waals surface area contributed by atoms with E-state index in [2.05, 4.69) is 22.3 Å². The highest BCUT2D eigenvalue weighted by Gasteiger charge is 2.28. The molecular weight excluding hydrogens is 438 g/mol. The van der Waals surface area contributed by atoms with Gasteiger partial charge < -0.3 is 10.1 Å². The summed E-state index contributed by atoms with van der Waals surface area (Å²) in [4.78, 5) is 15.6. The quantitative estimate of drug-likeness (QED) is 0.565. The molecule has 1 aliphatic heterocycles. The van der Waals surface area contributed by atoms with Crippen LogP contribution in [0.3, 0.4) is 0 Å². The van der Waals surface area contributed by atoms with Gasteiger partial charge in [-0.2, -0.15) is 4.31 Å². The molecule has 0 spiro atoms. The number of nitrogens with one attached hydrogen (secondary N) is 1. The van der Waals surface area contributed by atoms with Crippen molar-refractivity contribution in [3.8, 4) is 5.75 Å². The molecule has 1 unspecified atom stereocenters. The summed E-state index contributed by atoms with van der Waals surface area (Å²) in [6, 6.07) is 14.9. The van der Waals surface area contributed by atoms with Crippen molar-refractivity contribution < 1.29 is 17.9 Å². The molecule has 2 aromatic carbocycles. The second-order valence-electron chi connectivity index (χ2n) is 8.23. The van der Waals surface area contributed by atoms with Gasteiger partial charge in [0, 0.05) is 26.2 Å². The van der Waals surface area contributed by atoms with Crippen LogP contribution in [0.1, 0.15) is 39.2 Å². The summed E-state index contributed by atoms with van der Waals surface area (Å²) in [6.45, 7) is 9.09. The number of carbonyl (C=O) groups excluding carboxylic acids is 1. The fourth-order valence-corrected chi connectivity index (χ4v) is 5.74. The van der Waals surface area contributed by atoms with E-state index in [9.17, 15) is 13.2 Å². The van der Waals surface area contributed by atoms with Crippen molar-refractivity contribution in [1.29, 1.82) is 0 Å². The van der Waals surface area contributed by atoms with Gasteiger partial charge in [-0.3, -0.25) is 9.69 Å². The van der Waals surface area contributed by atoms with Crippen molar-refractivity contribution in [3.05, 3.63) is 54.1 Å². The summed E-state index contributed by atoms with van der Waals surface area (Å²) in [5.74, 6) is 0.201. The summed E-state index contributed by atoms with van der Waals surface area (Å²) < 4.78 is 33.0. The van der Waals surface area contributed by atoms with Crippen molar-refractivity contribution in [3.63, 3.8) is 0 Å². The van der Waals surface area contributed by atoms with E-state index in [4.69, 9.17) is 4.74 Å². The molecule has 1 atom stereocenters. The lowest BCUT2D eigenvalue weighted by Crippen LogP contribution is -2.40. The van der Waals surface area contributed by atoms with Crippen molar-refractivity contribution in [2.75, 3.05) is 38.1 Å². The number of piperidine rings is 1. The van der Waals surface area contributed by atoms with Crippen LogP contribution in [0.2, 0.25) is 0 Å². The van der Waals surface area contributed by atoms with Crippen LogP contribution < -0.4 is 10.1 Å². The molecule has 0 radical (unpaired) electrons. The number of nitrogens with zero attached hydrogens (tertiary/aromatic N) is 2. The minimum atomic E-state index is -3.64. The van der Waals surface area contributed by atoms with E-state index in [0.29, 0.717) is 37.7 Å². The van der Waals surface area contributed by atoms with E-state index in [-0.39, 0.29) is 16.7 Å². The van der Waals surface area contributed by atoms with Crippen LogP contribution in [0.4, 0.5) is 5.69 Å². The van der Waals surface area contributed by atoms with E-state index < -0.39 is 10.0 Å². The minimum absolute atomic E-state index is 0.105. The van der Waals surface area contributed by atoms with E-state index >= 15 is 0 Å². The second kappa shape index (κ2) is 11.6. The molecule has 7 nitrogen and oxygen atoms in total. The first-order valence-electron chi connectivity index (χ1n) is 11.7. The Morgan fingerprint density at radius 2 is 1.85 bits per heavy atom. The molecule has 8 heteroatoms. The monoisotopic (exact) mass is 473 g/mol. The predicted molar refractivity (Wildman–Crippen MR) is 131 cm³/mol. The van der Waals surface area contributed by atoms with Crippen molar-refractivity contribution in [1.82, 2.24) is 9.21 Å². The SMILES string of the molecule is CCOc1ccc(S(=O)(=O)N(CC)CC)cc1NC(=O)C1CCCN(Cc2ccccc2)C1. The lowest BCUT2D eigenvalue weighted by molar-refractivity contribution is -0.121. The van der Waals surface area contributed by atoms with Crippen LogP contribution in [-0.4, -0.2) is 56.3 Å². The highest BCUT2D eigenvalue weighted by Crippen LogP contribution is 2.30. The Balaban J connectivity index is 1.77. The molecule has 0 aliphatic carbocycles. The molecule has 0 aromatic heterocycles. The summed E-state index contributed by atoms with van der Waals surface area (Å²) in [5, 5.41) is 2.96. The minimum Gasteiger partial charge on any atom is -0.492 e. The molecule has 1 heterocycles. The first-order chi connectivity index (χ1) is 15.9. The Hall–Kier alpha value is -2.42. The van der Waals surface area contributed by atoms with Gasteiger partial charge in [0.2, 0.25) is 15.9 Å².